The maximum atomic E-state index is 5.50. The van der Waals surface area contributed by atoms with Crippen molar-refractivity contribution in [1.82, 2.24) is 24.5 Å². The van der Waals surface area contributed by atoms with Gasteiger partial charge >= 0.3 is 0 Å². The van der Waals surface area contributed by atoms with Crippen LogP contribution in [0, 0.1) is 13.8 Å². The van der Waals surface area contributed by atoms with Crippen molar-refractivity contribution in [2.24, 2.45) is 5.10 Å². The lowest BCUT2D eigenvalue weighted by Gasteiger charge is -2.27. The molecule has 0 radical (unpaired) electrons. The highest BCUT2D eigenvalue weighted by Crippen LogP contribution is 2.26. The first-order valence-corrected chi connectivity index (χ1v) is 10.6. The normalized spacial score (nSPS) is 14.4. The van der Waals surface area contributed by atoms with Crippen molar-refractivity contribution in [2.75, 3.05) is 36.6 Å². The molecule has 0 unspecified atom stereocenters. The van der Waals surface area contributed by atoms with E-state index >= 15 is 0 Å². The van der Waals surface area contributed by atoms with Crippen LogP contribution < -0.4 is 10.3 Å². The summed E-state index contributed by atoms with van der Waals surface area (Å²) in [5.41, 5.74) is 6.61. The number of hydrazone groups is 1. The van der Waals surface area contributed by atoms with Gasteiger partial charge in [-0.2, -0.15) is 15.1 Å². The number of fused-ring (bicyclic) bond motifs is 1. The first-order chi connectivity index (χ1) is 15.7. The van der Waals surface area contributed by atoms with Crippen molar-refractivity contribution in [1.29, 1.82) is 0 Å². The topological polar surface area (TPSA) is 93.4 Å². The average Bonchev–Trinajstić information content (AvgIpc) is 3.16. The van der Waals surface area contributed by atoms with Crippen molar-refractivity contribution in [3.05, 3.63) is 65.6 Å². The lowest BCUT2D eigenvalue weighted by Crippen LogP contribution is -2.37. The number of pyridine rings is 1. The number of imidazole rings is 1. The molecule has 1 aliphatic heterocycles. The summed E-state index contributed by atoms with van der Waals surface area (Å²) in [6, 6.07) is 13.9. The molecule has 0 aliphatic carbocycles. The maximum Gasteiger partial charge on any atom is 0.229 e. The number of benzene rings is 1. The van der Waals surface area contributed by atoms with Gasteiger partial charge in [-0.15, -0.1) is 0 Å². The third kappa shape index (κ3) is 4.02. The summed E-state index contributed by atoms with van der Waals surface area (Å²) in [4.78, 5) is 21.0. The van der Waals surface area contributed by atoms with Crippen molar-refractivity contribution in [2.45, 2.75) is 13.8 Å². The van der Waals surface area contributed by atoms with Crippen LogP contribution in [-0.2, 0) is 4.74 Å². The molecule has 1 aliphatic rings. The number of hydrogen-bond acceptors (Lipinski definition) is 8. The molecule has 0 amide bonds. The molecule has 1 fully saturated rings. The van der Waals surface area contributed by atoms with E-state index in [0.717, 1.165) is 30.3 Å². The van der Waals surface area contributed by atoms with Gasteiger partial charge in [-0.05, 0) is 31.5 Å². The van der Waals surface area contributed by atoms with Gasteiger partial charge in [0.05, 0.1) is 19.4 Å². The Morgan fingerprint density at radius 3 is 2.69 bits per heavy atom. The summed E-state index contributed by atoms with van der Waals surface area (Å²) in [7, 11) is 0. The predicted octanol–water partition coefficient (Wildman–Crippen LogP) is 3.11. The molecule has 0 atom stereocenters. The minimum absolute atomic E-state index is 0.554. The van der Waals surface area contributed by atoms with Gasteiger partial charge in [0.2, 0.25) is 5.95 Å². The Labute approximate surface area is 185 Å². The van der Waals surface area contributed by atoms with Crippen molar-refractivity contribution in [3.63, 3.8) is 0 Å². The summed E-state index contributed by atoms with van der Waals surface area (Å²) in [6.45, 7) is 6.75. The van der Waals surface area contributed by atoms with Crippen LogP contribution in [0.15, 0.2) is 53.8 Å². The van der Waals surface area contributed by atoms with E-state index in [-0.39, 0.29) is 0 Å². The van der Waals surface area contributed by atoms with Crippen molar-refractivity contribution < 1.29 is 4.74 Å². The minimum Gasteiger partial charge on any atom is -0.378 e. The molecular formula is C23H24N8O. The summed E-state index contributed by atoms with van der Waals surface area (Å²) in [5.74, 6) is 2.70. The molecule has 9 nitrogen and oxygen atoms in total. The monoisotopic (exact) mass is 428 g/mol. The third-order valence-electron chi connectivity index (χ3n) is 5.26. The Bertz CT molecular complexity index is 1260. The summed E-state index contributed by atoms with van der Waals surface area (Å²) in [6.07, 6.45) is 3.54. The Balaban J connectivity index is 1.58. The highest BCUT2D eigenvalue weighted by molar-refractivity contribution is 5.87. The zero-order valence-corrected chi connectivity index (χ0v) is 18.1. The van der Waals surface area contributed by atoms with Crippen LogP contribution in [0.5, 0.6) is 0 Å². The van der Waals surface area contributed by atoms with Gasteiger partial charge in [-0.1, -0.05) is 35.9 Å². The highest BCUT2D eigenvalue weighted by Gasteiger charge is 2.21. The van der Waals surface area contributed by atoms with E-state index in [1.54, 1.807) is 12.4 Å². The van der Waals surface area contributed by atoms with Gasteiger partial charge in [0.15, 0.2) is 17.0 Å². The van der Waals surface area contributed by atoms with Crippen LogP contribution in [-0.4, -0.2) is 57.0 Å². The molecule has 1 saturated heterocycles. The third-order valence-corrected chi connectivity index (χ3v) is 5.26. The van der Waals surface area contributed by atoms with E-state index in [9.17, 15) is 0 Å². The lowest BCUT2D eigenvalue weighted by atomic mass is 10.2. The molecule has 4 aromatic rings. The van der Waals surface area contributed by atoms with Crippen LogP contribution in [0.25, 0.3) is 17.0 Å². The number of rotatable bonds is 5. The fourth-order valence-corrected chi connectivity index (χ4v) is 3.72. The second-order valence-corrected chi connectivity index (χ2v) is 7.61. The minimum atomic E-state index is 0.554. The number of aromatic nitrogens is 5. The largest absolute Gasteiger partial charge is 0.378 e. The van der Waals surface area contributed by atoms with Crippen LogP contribution in [0.3, 0.4) is 0 Å². The van der Waals surface area contributed by atoms with E-state index in [1.807, 2.05) is 41.8 Å². The van der Waals surface area contributed by atoms with Crippen LogP contribution in [0.1, 0.15) is 17.0 Å². The van der Waals surface area contributed by atoms with Gasteiger partial charge in [0.25, 0.3) is 0 Å². The predicted molar refractivity (Wildman–Crippen MR) is 125 cm³/mol. The summed E-state index contributed by atoms with van der Waals surface area (Å²) < 4.78 is 7.44. The number of nitrogens with one attached hydrogen (secondary N) is 1. The van der Waals surface area contributed by atoms with E-state index < -0.39 is 0 Å². The lowest BCUT2D eigenvalue weighted by molar-refractivity contribution is 0.122. The second kappa shape index (κ2) is 8.72. The molecule has 0 saturated carbocycles. The van der Waals surface area contributed by atoms with Crippen LogP contribution in [0.2, 0.25) is 0 Å². The smallest absolute Gasteiger partial charge is 0.229 e. The SMILES string of the molecule is Cc1cccc(C=NNc2nc(N3CCOCC3)nc3c2nc(C)n3-c2ccccn2)c1. The maximum absolute atomic E-state index is 5.50. The Hall–Kier alpha value is -3.85. The van der Waals surface area contributed by atoms with E-state index in [2.05, 4.69) is 39.5 Å². The highest BCUT2D eigenvalue weighted by atomic mass is 16.5. The summed E-state index contributed by atoms with van der Waals surface area (Å²) >= 11 is 0. The zero-order valence-electron chi connectivity index (χ0n) is 18.1. The number of anilines is 2. The number of nitrogens with zero attached hydrogens (tertiary/aromatic N) is 7. The fraction of sp³-hybridized carbons (Fsp3) is 0.261. The standard InChI is InChI=1S/C23H24N8O/c1-16-6-5-7-18(14-16)15-25-29-21-20-22(28-23(27-21)30-10-12-32-13-11-30)31(17(2)26-20)19-8-3-4-9-24-19/h3-9,14-15H,10-13H2,1-2H3,(H,27,28,29). The van der Waals surface area contributed by atoms with E-state index in [4.69, 9.17) is 19.7 Å². The van der Waals surface area contributed by atoms with Crippen LogP contribution in [0.4, 0.5) is 11.8 Å². The van der Waals surface area contributed by atoms with Gasteiger partial charge in [-0.25, -0.2) is 9.97 Å². The van der Waals surface area contributed by atoms with E-state index in [1.165, 1.54) is 5.56 Å². The molecule has 3 aromatic heterocycles. The molecule has 5 rings (SSSR count). The molecule has 0 spiro atoms. The molecule has 0 bridgehead atoms. The van der Waals surface area contributed by atoms with Gasteiger partial charge in [0, 0.05) is 19.3 Å². The van der Waals surface area contributed by atoms with Crippen molar-refractivity contribution in [3.8, 4) is 5.82 Å². The van der Waals surface area contributed by atoms with Gasteiger partial charge in [-0.3, -0.25) is 9.99 Å². The molecule has 4 heterocycles. The number of hydrogen-bond donors (Lipinski definition) is 1. The molecule has 1 N–H and O–H groups in total. The molecule has 1 aromatic carbocycles. The number of aryl methyl sites for hydroxylation is 2. The fourth-order valence-electron chi connectivity index (χ4n) is 3.72. The van der Waals surface area contributed by atoms with Crippen molar-refractivity contribution >= 4 is 29.1 Å². The van der Waals surface area contributed by atoms with Crippen LogP contribution >= 0.6 is 0 Å². The molecule has 32 heavy (non-hydrogen) atoms. The summed E-state index contributed by atoms with van der Waals surface area (Å²) in [5, 5.41) is 4.43. The number of ether oxygens (including phenoxy) is 1. The second-order valence-electron chi connectivity index (χ2n) is 7.61. The molecule has 9 heteroatoms. The first-order valence-electron chi connectivity index (χ1n) is 10.6. The number of morpholine rings is 1. The quantitative estimate of drug-likeness (QED) is 0.386. The first kappa shape index (κ1) is 20.1. The van der Waals surface area contributed by atoms with E-state index in [0.29, 0.717) is 36.1 Å². The Morgan fingerprint density at radius 2 is 1.91 bits per heavy atom. The zero-order chi connectivity index (χ0) is 21.9. The van der Waals surface area contributed by atoms with Gasteiger partial charge < -0.3 is 9.64 Å². The Kier molecular flexibility index (Phi) is 5.47. The average molecular weight is 429 g/mol. The Morgan fingerprint density at radius 1 is 1.03 bits per heavy atom. The molecule has 162 valence electrons. The molecular weight excluding hydrogens is 404 g/mol. The van der Waals surface area contributed by atoms with Gasteiger partial charge in [0.1, 0.15) is 11.6 Å².